The summed E-state index contributed by atoms with van der Waals surface area (Å²) < 4.78 is 22.4. The van der Waals surface area contributed by atoms with Crippen LogP contribution in [-0.4, -0.2) is 5.97 Å². The second kappa shape index (κ2) is 6.93. The van der Waals surface area contributed by atoms with Crippen molar-refractivity contribution in [2.75, 3.05) is 0 Å². The minimum absolute atomic E-state index is 0.0826. The molecule has 0 radical (unpaired) electrons. The number of hydrogen-bond acceptors (Lipinski definition) is 2. The summed E-state index contributed by atoms with van der Waals surface area (Å²) in [4.78, 5) is 13.1. The maximum absolute atomic E-state index is 16.0. The van der Waals surface area contributed by atoms with Crippen LogP contribution in [0.1, 0.15) is 23.1 Å². The third-order valence-electron chi connectivity index (χ3n) is 5.19. The Hall–Kier alpha value is -2.46. The van der Waals surface area contributed by atoms with Gasteiger partial charge in [0.25, 0.3) is 0 Å². The molecule has 0 bridgehead atoms. The first-order valence-electron chi connectivity index (χ1n) is 8.78. The normalized spacial score (nSPS) is 23.6. The molecule has 0 spiro atoms. The Morgan fingerprint density at radius 1 is 0.889 bits per heavy atom. The van der Waals surface area contributed by atoms with Crippen molar-refractivity contribution in [3.8, 4) is 0 Å². The van der Waals surface area contributed by atoms with E-state index in [1.165, 1.54) is 0 Å². The first kappa shape index (κ1) is 17.9. The van der Waals surface area contributed by atoms with E-state index < -0.39 is 17.1 Å². The average molecular weight is 425 g/mol. The number of esters is 1. The van der Waals surface area contributed by atoms with Gasteiger partial charge in [0, 0.05) is 10.9 Å². The molecule has 0 saturated heterocycles. The third kappa shape index (κ3) is 3.08. The van der Waals surface area contributed by atoms with Gasteiger partial charge in [-0.2, -0.15) is 0 Å². The zero-order valence-electron chi connectivity index (χ0n) is 14.6. The van der Waals surface area contributed by atoms with Crippen molar-refractivity contribution in [2.45, 2.75) is 24.1 Å². The van der Waals surface area contributed by atoms with Crippen molar-refractivity contribution in [1.29, 1.82) is 0 Å². The Labute approximate surface area is 166 Å². The predicted octanol–water partition coefficient (Wildman–Crippen LogP) is 5.70. The summed E-state index contributed by atoms with van der Waals surface area (Å²) in [5, 5.41) is 0. The molecule has 4 heteroatoms. The van der Waals surface area contributed by atoms with E-state index in [4.69, 9.17) is 4.74 Å². The van der Waals surface area contributed by atoms with Crippen LogP contribution in [0.3, 0.4) is 0 Å². The number of hydrogen-bond donors (Lipinski definition) is 0. The molecule has 4 rings (SSSR count). The molecule has 0 amide bonds. The van der Waals surface area contributed by atoms with Gasteiger partial charge in [-0.15, -0.1) is 0 Å². The lowest BCUT2D eigenvalue weighted by Crippen LogP contribution is -2.30. The van der Waals surface area contributed by atoms with Crippen LogP contribution in [0.4, 0.5) is 4.39 Å². The van der Waals surface area contributed by atoms with Crippen LogP contribution in [0.25, 0.3) is 0 Å². The van der Waals surface area contributed by atoms with Crippen molar-refractivity contribution in [3.63, 3.8) is 0 Å². The maximum Gasteiger partial charge on any atom is 0.320 e. The van der Waals surface area contributed by atoms with E-state index in [-0.39, 0.29) is 13.0 Å². The molecule has 2 nitrogen and oxygen atoms in total. The van der Waals surface area contributed by atoms with Gasteiger partial charge < -0.3 is 4.74 Å². The lowest BCUT2D eigenvalue weighted by Gasteiger charge is -2.20. The number of benzene rings is 3. The van der Waals surface area contributed by atoms with Gasteiger partial charge in [-0.1, -0.05) is 88.7 Å². The molecule has 1 aliphatic carbocycles. The van der Waals surface area contributed by atoms with Gasteiger partial charge in [0.1, 0.15) is 12.0 Å². The third-order valence-corrected chi connectivity index (χ3v) is 5.72. The highest BCUT2D eigenvalue weighted by atomic mass is 79.9. The smallest absolute Gasteiger partial charge is 0.320 e. The largest absolute Gasteiger partial charge is 0.460 e. The van der Waals surface area contributed by atoms with Crippen molar-refractivity contribution in [3.05, 3.63) is 106 Å². The number of carbonyl (C=O) groups excluding carboxylic acids is 1. The summed E-state index contributed by atoms with van der Waals surface area (Å²) in [7, 11) is 0. The highest BCUT2D eigenvalue weighted by Crippen LogP contribution is 2.67. The number of ether oxygens (including phenoxy) is 1. The molecule has 2 atom stereocenters. The highest BCUT2D eigenvalue weighted by Gasteiger charge is 2.76. The summed E-state index contributed by atoms with van der Waals surface area (Å²) >= 11 is 3.39. The van der Waals surface area contributed by atoms with Crippen molar-refractivity contribution < 1.29 is 13.9 Å². The molecule has 1 saturated carbocycles. The van der Waals surface area contributed by atoms with Crippen LogP contribution >= 0.6 is 15.9 Å². The molecule has 3 aromatic carbocycles. The zero-order valence-corrected chi connectivity index (χ0v) is 16.2. The van der Waals surface area contributed by atoms with Gasteiger partial charge in [-0.25, -0.2) is 4.39 Å². The topological polar surface area (TPSA) is 26.3 Å². The summed E-state index contributed by atoms with van der Waals surface area (Å²) in [5.41, 5.74) is -1.07. The molecular formula is C23H18BrFO2. The van der Waals surface area contributed by atoms with E-state index in [0.29, 0.717) is 11.1 Å². The minimum atomic E-state index is -1.77. The lowest BCUT2D eigenvalue weighted by molar-refractivity contribution is -0.149. The molecule has 27 heavy (non-hydrogen) atoms. The van der Waals surface area contributed by atoms with E-state index in [1.54, 1.807) is 36.4 Å². The number of halogens is 2. The molecule has 1 aliphatic rings. The van der Waals surface area contributed by atoms with Gasteiger partial charge in [0.05, 0.1) is 0 Å². The Morgan fingerprint density at radius 2 is 1.48 bits per heavy atom. The van der Waals surface area contributed by atoms with Crippen molar-refractivity contribution >= 4 is 21.9 Å². The van der Waals surface area contributed by atoms with E-state index in [0.717, 1.165) is 10.0 Å². The number of carbonyl (C=O) groups is 1. The lowest BCUT2D eigenvalue weighted by atomic mass is 9.89. The van der Waals surface area contributed by atoms with Crippen molar-refractivity contribution in [2.24, 2.45) is 0 Å². The average Bonchev–Trinajstić information content (AvgIpc) is 3.36. The van der Waals surface area contributed by atoms with Crippen LogP contribution in [-0.2, 0) is 27.2 Å². The first-order chi connectivity index (χ1) is 13.1. The van der Waals surface area contributed by atoms with Crippen LogP contribution in [0.15, 0.2) is 89.4 Å². The Balaban J connectivity index is 1.67. The fourth-order valence-corrected chi connectivity index (χ4v) is 3.90. The van der Waals surface area contributed by atoms with E-state index in [2.05, 4.69) is 15.9 Å². The van der Waals surface area contributed by atoms with Gasteiger partial charge in [0.2, 0.25) is 0 Å². The molecular weight excluding hydrogens is 407 g/mol. The standard InChI is InChI=1S/C23H18BrFO2/c24-20-13-11-18(12-14-20)22(16-23(22,25)19-9-5-2-6-10-19)21(26)27-15-17-7-3-1-4-8-17/h1-14H,15-16H2/t22-,23-/m1/s1. The minimum Gasteiger partial charge on any atom is -0.460 e. The van der Waals surface area contributed by atoms with Crippen LogP contribution < -0.4 is 0 Å². The molecule has 136 valence electrons. The van der Waals surface area contributed by atoms with Gasteiger partial charge >= 0.3 is 5.97 Å². The van der Waals surface area contributed by atoms with Gasteiger partial charge in [-0.05, 0) is 28.8 Å². The summed E-state index contributed by atoms with van der Waals surface area (Å²) in [6.45, 7) is 0.128. The molecule has 0 N–H and O–H groups in total. The van der Waals surface area contributed by atoms with Gasteiger partial charge in [-0.3, -0.25) is 4.79 Å². The fraction of sp³-hybridized carbons (Fsp3) is 0.174. The predicted molar refractivity (Wildman–Crippen MR) is 106 cm³/mol. The first-order valence-corrected chi connectivity index (χ1v) is 9.57. The summed E-state index contributed by atoms with van der Waals surface area (Å²) in [5.74, 6) is -0.528. The monoisotopic (exact) mass is 424 g/mol. The molecule has 0 unspecified atom stereocenters. The van der Waals surface area contributed by atoms with Crippen LogP contribution in [0.2, 0.25) is 0 Å². The van der Waals surface area contributed by atoms with E-state index >= 15 is 4.39 Å². The summed E-state index contributed by atoms with van der Waals surface area (Å²) in [6, 6.07) is 25.5. The molecule has 0 aromatic heterocycles. The number of rotatable bonds is 5. The second-order valence-electron chi connectivity index (χ2n) is 6.82. The van der Waals surface area contributed by atoms with Gasteiger partial charge in [0.15, 0.2) is 5.67 Å². The molecule has 3 aromatic rings. The molecule has 0 aliphatic heterocycles. The number of alkyl halides is 1. The Morgan fingerprint density at radius 3 is 2.11 bits per heavy atom. The van der Waals surface area contributed by atoms with E-state index in [1.807, 2.05) is 48.5 Å². The maximum atomic E-state index is 16.0. The second-order valence-corrected chi connectivity index (χ2v) is 7.73. The quantitative estimate of drug-likeness (QED) is 0.491. The fourth-order valence-electron chi connectivity index (χ4n) is 3.64. The highest BCUT2D eigenvalue weighted by molar-refractivity contribution is 9.10. The van der Waals surface area contributed by atoms with Crippen molar-refractivity contribution in [1.82, 2.24) is 0 Å². The summed E-state index contributed by atoms with van der Waals surface area (Å²) in [6.07, 6.45) is 0.0826. The van der Waals surface area contributed by atoms with Crippen LogP contribution in [0, 0.1) is 0 Å². The Bertz CT molecular complexity index is 943. The zero-order chi connectivity index (χ0) is 18.9. The molecule has 1 fully saturated rings. The SMILES string of the molecule is O=C(OCc1ccccc1)[C@]1(c2ccc(Br)cc2)C[C@@]1(F)c1ccccc1. The Kier molecular flexibility index (Phi) is 4.60. The van der Waals surface area contributed by atoms with Crippen LogP contribution in [0.5, 0.6) is 0 Å². The van der Waals surface area contributed by atoms with E-state index in [9.17, 15) is 4.79 Å². The molecule has 0 heterocycles.